The van der Waals surface area contributed by atoms with Gasteiger partial charge in [-0.05, 0) is 53.9 Å². The molecule has 8 heteroatoms. The van der Waals surface area contributed by atoms with Crippen LogP contribution in [0.1, 0.15) is 38.4 Å². The molecule has 3 N–H and O–H groups in total. The van der Waals surface area contributed by atoms with E-state index >= 15 is 0 Å². The number of fused-ring (bicyclic) bond motifs is 2. The van der Waals surface area contributed by atoms with Gasteiger partial charge in [0.25, 0.3) is 11.8 Å². The van der Waals surface area contributed by atoms with Crippen molar-refractivity contribution < 1.29 is 19.5 Å². The van der Waals surface area contributed by atoms with Crippen molar-refractivity contribution >= 4 is 35.6 Å². The quantitative estimate of drug-likeness (QED) is 0.525. The summed E-state index contributed by atoms with van der Waals surface area (Å²) in [4.78, 5) is 40.5. The van der Waals surface area contributed by atoms with E-state index in [4.69, 9.17) is 0 Å². The Labute approximate surface area is 196 Å². The Morgan fingerprint density at radius 1 is 1.09 bits per heavy atom. The Bertz CT molecular complexity index is 1310. The Hall–Kier alpha value is -4.33. The normalized spacial score (nSPS) is 19.5. The first-order valence-electron chi connectivity index (χ1n) is 11.0. The third-order valence-corrected chi connectivity index (χ3v) is 6.27. The highest BCUT2D eigenvalue weighted by Gasteiger charge is 2.43. The van der Waals surface area contributed by atoms with Crippen molar-refractivity contribution in [3.05, 3.63) is 83.2 Å². The highest BCUT2D eigenvalue weighted by Crippen LogP contribution is 2.30. The van der Waals surface area contributed by atoms with E-state index in [-0.39, 0.29) is 36.1 Å². The monoisotopic (exact) mass is 456 g/mol. The minimum atomic E-state index is -0.644. The maximum Gasteiger partial charge on any atom is 0.268 e. The predicted octanol–water partition coefficient (Wildman–Crippen LogP) is 2.87. The molecule has 1 fully saturated rings. The highest BCUT2D eigenvalue weighted by molar-refractivity contribution is 6.10. The lowest BCUT2D eigenvalue weighted by Gasteiger charge is -2.20. The van der Waals surface area contributed by atoms with Gasteiger partial charge in [-0.2, -0.15) is 0 Å². The first-order chi connectivity index (χ1) is 16.4. The second-order valence-electron chi connectivity index (χ2n) is 8.60. The number of aryl methyl sites for hydroxylation is 1. The molecule has 0 saturated carbocycles. The van der Waals surface area contributed by atoms with E-state index in [1.807, 2.05) is 18.2 Å². The van der Waals surface area contributed by atoms with Crippen molar-refractivity contribution in [2.75, 3.05) is 11.9 Å². The molecule has 0 unspecified atom stereocenters. The number of amides is 3. The summed E-state index contributed by atoms with van der Waals surface area (Å²) in [5.41, 5.74) is 3.13. The largest absolute Gasteiger partial charge is 0.508 e. The Balaban J connectivity index is 1.35. The number of aromatic nitrogens is 1. The van der Waals surface area contributed by atoms with Crippen molar-refractivity contribution in [2.24, 2.45) is 7.05 Å². The van der Waals surface area contributed by atoms with E-state index in [9.17, 15) is 19.5 Å². The predicted molar refractivity (Wildman–Crippen MR) is 128 cm³/mol. The molecular formula is C26H24N4O4. The zero-order valence-electron chi connectivity index (χ0n) is 18.6. The number of rotatable bonds is 4. The number of aromatic hydroxyl groups is 1. The van der Waals surface area contributed by atoms with Gasteiger partial charge in [0, 0.05) is 25.8 Å². The number of nitrogens with one attached hydrogen (secondary N) is 2. The number of carbonyl (C=O) groups is 3. The van der Waals surface area contributed by atoms with Gasteiger partial charge in [-0.1, -0.05) is 30.4 Å². The lowest BCUT2D eigenvalue weighted by Crippen LogP contribution is -2.41. The van der Waals surface area contributed by atoms with Crippen LogP contribution in [0.4, 0.5) is 5.69 Å². The fourth-order valence-corrected chi connectivity index (χ4v) is 4.47. The zero-order valence-corrected chi connectivity index (χ0v) is 18.6. The molecule has 34 heavy (non-hydrogen) atoms. The first-order valence-corrected chi connectivity index (χ1v) is 11.0. The lowest BCUT2D eigenvalue weighted by atomic mass is 10.1. The second-order valence-corrected chi connectivity index (χ2v) is 8.60. The van der Waals surface area contributed by atoms with Crippen molar-refractivity contribution in [1.29, 1.82) is 0 Å². The molecule has 0 aliphatic carbocycles. The van der Waals surface area contributed by atoms with Gasteiger partial charge in [0.2, 0.25) is 5.91 Å². The summed E-state index contributed by atoms with van der Waals surface area (Å²) in [7, 11) is 1.79. The smallest absolute Gasteiger partial charge is 0.268 e. The third-order valence-electron chi connectivity index (χ3n) is 6.27. The Morgan fingerprint density at radius 2 is 1.82 bits per heavy atom. The number of benzene rings is 2. The first kappa shape index (κ1) is 21.5. The van der Waals surface area contributed by atoms with Crippen LogP contribution < -0.4 is 10.6 Å². The maximum atomic E-state index is 13.4. The van der Waals surface area contributed by atoms with E-state index in [1.165, 1.54) is 0 Å². The molecule has 0 spiro atoms. The molecule has 3 amide bonds. The van der Waals surface area contributed by atoms with Crippen molar-refractivity contribution in [1.82, 2.24) is 14.8 Å². The van der Waals surface area contributed by atoms with Gasteiger partial charge in [-0.3, -0.25) is 14.4 Å². The van der Waals surface area contributed by atoms with E-state index < -0.39 is 6.04 Å². The van der Waals surface area contributed by atoms with Gasteiger partial charge in [-0.25, -0.2) is 0 Å². The number of phenolic OH excluding ortho intramolecular Hbond substituents is 1. The number of hydrogen-bond acceptors (Lipinski definition) is 4. The van der Waals surface area contributed by atoms with Crippen LogP contribution in [-0.4, -0.2) is 50.9 Å². The van der Waals surface area contributed by atoms with Gasteiger partial charge >= 0.3 is 0 Å². The molecule has 2 aliphatic heterocycles. The lowest BCUT2D eigenvalue weighted by molar-refractivity contribution is -0.119. The highest BCUT2D eigenvalue weighted by atomic mass is 16.3. The van der Waals surface area contributed by atoms with Crippen LogP contribution in [0.25, 0.3) is 12.2 Å². The fourth-order valence-electron chi connectivity index (χ4n) is 4.47. The molecule has 1 aromatic heterocycles. The summed E-state index contributed by atoms with van der Waals surface area (Å²) < 4.78 is 1.73. The summed E-state index contributed by atoms with van der Waals surface area (Å²) in [6.07, 6.45) is 5.90. The SMILES string of the molecule is Cn1cccc1C(=O)N[C@H]1C[C@H]2C(=O)Nc3ccc(/C=C/c4ccc(O)cc4)cc3C(=O)N2C1. The van der Waals surface area contributed by atoms with Gasteiger partial charge in [0.05, 0.1) is 11.3 Å². The van der Waals surface area contributed by atoms with Crippen molar-refractivity contribution in [3.63, 3.8) is 0 Å². The van der Waals surface area contributed by atoms with Crippen LogP contribution in [-0.2, 0) is 11.8 Å². The summed E-state index contributed by atoms with van der Waals surface area (Å²) >= 11 is 0. The summed E-state index contributed by atoms with van der Waals surface area (Å²) in [5, 5.41) is 15.3. The maximum absolute atomic E-state index is 13.4. The Kier molecular flexibility index (Phi) is 5.41. The molecule has 172 valence electrons. The van der Waals surface area contributed by atoms with Crippen molar-refractivity contribution in [3.8, 4) is 5.75 Å². The fraction of sp³-hybridized carbons (Fsp3) is 0.192. The van der Waals surface area contributed by atoms with Crippen LogP contribution in [0.15, 0.2) is 60.8 Å². The average Bonchev–Trinajstić information content (AvgIpc) is 3.43. The van der Waals surface area contributed by atoms with E-state index in [0.717, 1.165) is 11.1 Å². The summed E-state index contributed by atoms with van der Waals surface area (Å²) in [6.45, 7) is 0.264. The van der Waals surface area contributed by atoms with Gasteiger partial charge in [-0.15, -0.1) is 0 Å². The molecule has 3 heterocycles. The average molecular weight is 457 g/mol. The molecule has 0 radical (unpaired) electrons. The number of nitrogens with zero attached hydrogens (tertiary/aromatic N) is 2. The van der Waals surface area contributed by atoms with Crippen LogP contribution >= 0.6 is 0 Å². The number of carbonyl (C=O) groups excluding carboxylic acids is 3. The number of phenols is 1. The molecule has 5 rings (SSSR count). The molecule has 0 bridgehead atoms. The molecule has 2 aromatic carbocycles. The molecule has 2 aliphatic rings. The van der Waals surface area contributed by atoms with Gasteiger partial charge < -0.3 is 25.2 Å². The molecule has 1 saturated heterocycles. The van der Waals surface area contributed by atoms with E-state index in [2.05, 4.69) is 10.6 Å². The van der Waals surface area contributed by atoms with Crippen LogP contribution in [0.3, 0.4) is 0 Å². The standard InChI is InChI=1S/C26H24N4O4/c1-29-12-2-3-22(29)24(32)27-18-14-23-25(33)28-21-11-8-17(13-20(21)26(34)30(23)15-18)5-4-16-6-9-19(31)10-7-16/h2-13,18,23,31H,14-15H2,1H3,(H,27,32)(H,28,33)/b5-4+/t18-,23-/m0/s1. The Morgan fingerprint density at radius 3 is 2.56 bits per heavy atom. The molecule has 2 atom stereocenters. The van der Waals surface area contributed by atoms with Gasteiger partial charge in [0.1, 0.15) is 17.5 Å². The van der Waals surface area contributed by atoms with Crippen LogP contribution in [0.2, 0.25) is 0 Å². The number of anilines is 1. The molecule has 3 aromatic rings. The summed E-state index contributed by atoms with van der Waals surface area (Å²) in [5.74, 6) is -0.532. The second kappa shape index (κ2) is 8.55. The van der Waals surface area contributed by atoms with E-state index in [1.54, 1.807) is 71.2 Å². The topological polar surface area (TPSA) is 104 Å². The minimum Gasteiger partial charge on any atom is -0.508 e. The van der Waals surface area contributed by atoms with E-state index in [0.29, 0.717) is 23.4 Å². The summed E-state index contributed by atoms with van der Waals surface area (Å²) in [6, 6.07) is 14.7. The molecule has 8 nitrogen and oxygen atoms in total. The molecular weight excluding hydrogens is 432 g/mol. The van der Waals surface area contributed by atoms with Crippen molar-refractivity contribution in [2.45, 2.75) is 18.5 Å². The van der Waals surface area contributed by atoms with Crippen LogP contribution in [0.5, 0.6) is 5.75 Å². The number of hydrogen-bond donors (Lipinski definition) is 3. The minimum absolute atomic E-state index is 0.196. The zero-order chi connectivity index (χ0) is 23.8. The van der Waals surface area contributed by atoms with Crippen LogP contribution in [0, 0.1) is 0 Å². The third kappa shape index (κ3) is 4.05. The van der Waals surface area contributed by atoms with Gasteiger partial charge in [0.15, 0.2) is 0 Å².